The Labute approximate surface area is 92.9 Å². The molecule has 0 radical (unpaired) electrons. The van der Waals surface area contributed by atoms with E-state index in [-0.39, 0.29) is 0 Å². The molecule has 1 aromatic carbocycles. The molecule has 1 rings (SSSR count). The van der Waals surface area contributed by atoms with Crippen LogP contribution in [0.1, 0.15) is 5.56 Å². The van der Waals surface area contributed by atoms with E-state index >= 15 is 0 Å². The van der Waals surface area contributed by atoms with Gasteiger partial charge in [0.25, 0.3) is 0 Å². The molecule has 0 fully saturated rings. The molecule has 0 aliphatic carbocycles. The van der Waals surface area contributed by atoms with Crippen LogP contribution in [0.15, 0.2) is 30.3 Å². The molecule has 16 heavy (non-hydrogen) atoms. The molecule has 0 aliphatic heterocycles. The van der Waals surface area contributed by atoms with Crippen molar-refractivity contribution in [3.63, 3.8) is 0 Å². The number of hydrogen-bond acceptors (Lipinski definition) is 2. The molecule has 90 valence electrons. The highest BCUT2D eigenvalue weighted by atomic mass is 19.4. The summed E-state index contributed by atoms with van der Waals surface area (Å²) in [5.41, 5.74) is 1.12. The minimum absolute atomic E-state index is 0.312. The van der Waals surface area contributed by atoms with Crippen molar-refractivity contribution >= 4 is 0 Å². The van der Waals surface area contributed by atoms with Crippen LogP contribution < -0.4 is 10.6 Å². The van der Waals surface area contributed by atoms with E-state index < -0.39 is 12.7 Å². The first-order valence-electron chi connectivity index (χ1n) is 5.10. The van der Waals surface area contributed by atoms with Gasteiger partial charge in [-0.3, -0.25) is 0 Å². The van der Waals surface area contributed by atoms with E-state index in [1.807, 2.05) is 30.3 Å². The lowest BCUT2D eigenvalue weighted by Crippen LogP contribution is -2.34. The monoisotopic (exact) mass is 232 g/mol. The quantitative estimate of drug-likeness (QED) is 0.732. The Bertz CT molecular complexity index is 285. The molecule has 2 nitrogen and oxygen atoms in total. The molecule has 0 atom stereocenters. The van der Waals surface area contributed by atoms with Crippen LogP contribution in [0.4, 0.5) is 13.2 Å². The third-order valence-corrected chi connectivity index (χ3v) is 1.98. The van der Waals surface area contributed by atoms with Crippen LogP contribution in [0, 0.1) is 0 Å². The molecular weight excluding hydrogens is 217 g/mol. The van der Waals surface area contributed by atoms with Gasteiger partial charge in [-0.1, -0.05) is 30.3 Å². The molecule has 1 aromatic rings. The van der Waals surface area contributed by atoms with E-state index in [1.54, 1.807) is 0 Å². The number of halogens is 3. The summed E-state index contributed by atoms with van der Waals surface area (Å²) in [7, 11) is 0. The average Bonchev–Trinajstić information content (AvgIpc) is 2.23. The Hall–Kier alpha value is -1.07. The maximum atomic E-state index is 11.7. The van der Waals surface area contributed by atoms with E-state index in [0.29, 0.717) is 19.6 Å². The van der Waals surface area contributed by atoms with E-state index in [0.717, 1.165) is 5.56 Å². The molecule has 0 bridgehead atoms. The van der Waals surface area contributed by atoms with Crippen molar-refractivity contribution in [3.05, 3.63) is 35.9 Å². The van der Waals surface area contributed by atoms with Crippen LogP contribution in [0.3, 0.4) is 0 Å². The Morgan fingerprint density at radius 3 is 2.19 bits per heavy atom. The van der Waals surface area contributed by atoms with Crippen LogP contribution in [0.25, 0.3) is 0 Å². The predicted octanol–water partition coefficient (Wildman–Crippen LogP) is 1.93. The van der Waals surface area contributed by atoms with Crippen molar-refractivity contribution in [2.45, 2.75) is 12.7 Å². The molecule has 0 unspecified atom stereocenters. The van der Waals surface area contributed by atoms with E-state index in [4.69, 9.17) is 0 Å². The predicted molar refractivity (Wildman–Crippen MR) is 57.1 cm³/mol. The largest absolute Gasteiger partial charge is 0.401 e. The summed E-state index contributed by atoms with van der Waals surface area (Å²) >= 11 is 0. The summed E-state index contributed by atoms with van der Waals surface area (Å²) < 4.78 is 35.2. The van der Waals surface area contributed by atoms with Gasteiger partial charge in [0.1, 0.15) is 0 Å². The minimum Gasteiger partial charge on any atom is -0.311 e. The van der Waals surface area contributed by atoms with Crippen molar-refractivity contribution in [1.29, 1.82) is 0 Å². The molecule has 0 aromatic heterocycles. The number of rotatable bonds is 6. The van der Waals surface area contributed by atoms with Crippen molar-refractivity contribution in [3.8, 4) is 0 Å². The highest BCUT2D eigenvalue weighted by molar-refractivity contribution is 5.14. The maximum absolute atomic E-state index is 11.7. The van der Waals surface area contributed by atoms with Crippen molar-refractivity contribution in [2.75, 3.05) is 19.6 Å². The standard InChI is InChI=1S/C11H15F3N2/c12-11(13,14)9-16-7-6-15-8-10-4-2-1-3-5-10/h1-5,15-16H,6-9H2. The van der Waals surface area contributed by atoms with E-state index in [2.05, 4.69) is 10.6 Å². The van der Waals surface area contributed by atoms with E-state index in [1.165, 1.54) is 0 Å². The fourth-order valence-electron chi connectivity index (χ4n) is 1.24. The zero-order chi connectivity index (χ0) is 11.9. The lowest BCUT2D eigenvalue weighted by atomic mass is 10.2. The van der Waals surface area contributed by atoms with Crippen LogP contribution in [0.5, 0.6) is 0 Å². The van der Waals surface area contributed by atoms with Crippen molar-refractivity contribution in [2.24, 2.45) is 0 Å². The maximum Gasteiger partial charge on any atom is 0.401 e. The summed E-state index contributed by atoms with van der Waals surface area (Å²) in [6.45, 7) is 0.575. The number of hydrogen-bond donors (Lipinski definition) is 2. The smallest absolute Gasteiger partial charge is 0.311 e. The van der Waals surface area contributed by atoms with Gasteiger partial charge < -0.3 is 10.6 Å². The molecule has 0 spiro atoms. The second-order valence-electron chi connectivity index (χ2n) is 3.45. The van der Waals surface area contributed by atoms with Crippen LogP contribution >= 0.6 is 0 Å². The molecule has 2 N–H and O–H groups in total. The van der Waals surface area contributed by atoms with Crippen LogP contribution in [-0.4, -0.2) is 25.8 Å². The first-order chi connectivity index (χ1) is 7.58. The normalized spacial score (nSPS) is 11.7. The highest BCUT2D eigenvalue weighted by Gasteiger charge is 2.25. The minimum atomic E-state index is -4.13. The summed E-state index contributed by atoms with van der Waals surface area (Å²) in [4.78, 5) is 0. The Balaban J connectivity index is 2.01. The van der Waals surface area contributed by atoms with Crippen molar-refractivity contribution < 1.29 is 13.2 Å². The van der Waals surface area contributed by atoms with Gasteiger partial charge in [-0.25, -0.2) is 0 Å². The number of benzene rings is 1. The Morgan fingerprint density at radius 2 is 1.56 bits per heavy atom. The molecule has 0 aliphatic rings. The average molecular weight is 232 g/mol. The molecular formula is C11H15F3N2. The lowest BCUT2D eigenvalue weighted by molar-refractivity contribution is -0.124. The third-order valence-electron chi connectivity index (χ3n) is 1.98. The zero-order valence-corrected chi connectivity index (χ0v) is 8.85. The van der Waals surface area contributed by atoms with Gasteiger partial charge in [-0.05, 0) is 5.56 Å². The number of alkyl halides is 3. The number of nitrogens with one attached hydrogen (secondary N) is 2. The third kappa shape index (κ3) is 6.42. The fraction of sp³-hybridized carbons (Fsp3) is 0.455. The molecule has 5 heteroatoms. The lowest BCUT2D eigenvalue weighted by Gasteiger charge is -2.08. The molecule has 0 saturated heterocycles. The summed E-state index contributed by atoms with van der Waals surface area (Å²) in [5.74, 6) is 0. The van der Waals surface area contributed by atoms with Crippen molar-refractivity contribution in [1.82, 2.24) is 10.6 Å². The second kappa shape index (κ2) is 6.50. The molecule has 0 amide bonds. The molecule has 0 saturated carbocycles. The van der Waals surface area contributed by atoms with Crippen LogP contribution in [-0.2, 0) is 6.54 Å². The fourth-order valence-corrected chi connectivity index (χ4v) is 1.24. The topological polar surface area (TPSA) is 24.1 Å². The van der Waals surface area contributed by atoms with Gasteiger partial charge in [0.15, 0.2) is 0 Å². The Kier molecular flexibility index (Phi) is 5.28. The van der Waals surface area contributed by atoms with Gasteiger partial charge in [-0.15, -0.1) is 0 Å². The van der Waals surface area contributed by atoms with Gasteiger partial charge in [0.05, 0.1) is 6.54 Å². The summed E-state index contributed by atoms with van der Waals surface area (Å²) in [6, 6.07) is 9.72. The summed E-state index contributed by atoms with van der Waals surface area (Å²) in [6.07, 6.45) is -4.13. The Morgan fingerprint density at radius 1 is 0.938 bits per heavy atom. The highest BCUT2D eigenvalue weighted by Crippen LogP contribution is 2.11. The SMILES string of the molecule is FC(F)(F)CNCCNCc1ccccc1. The summed E-state index contributed by atoms with van der Waals surface area (Å²) in [5, 5.41) is 5.38. The van der Waals surface area contributed by atoms with E-state index in [9.17, 15) is 13.2 Å². The van der Waals surface area contributed by atoms with Gasteiger partial charge in [-0.2, -0.15) is 13.2 Å². The van der Waals surface area contributed by atoms with Gasteiger partial charge >= 0.3 is 6.18 Å². The van der Waals surface area contributed by atoms with Crippen LogP contribution in [0.2, 0.25) is 0 Å². The van der Waals surface area contributed by atoms with Gasteiger partial charge in [0, 0.05) is 19.6 Å². The second-order valence-corrected chi connectivity index (χ2v) is 3.45. The zero-order valence-electron chi connectivity index (χ0n) is 8.85. The van der Waals surface area contributed by atoms with Gasteiger partial charge in [0.2, 0.25) is 0 Å². The molecule has 0 heterocycles. The first-order valence-corrected chi connectivity index (χ1v) is 5.10. The first kappa shape index (κ1) is 13.0.